The third-order valence-corrected chi connectivity index (χ3v) is 6.76. The average Bonchev–Trinajstić information content (AvgIpc) is 2.89. The number of carbonyl (C=O) groups excluding carboxylic acids is 1. The first kappa shape index (κ1) is 25.6. The summed E-state index contributed by atoms with van der Waals surface area (Å²) in [5, 5.41) is 10.3. The summed E-state index contributed by atoms with van der Waals surface area (Å²) in [6.07, 6.45) is -4.59. The molecule has 1 aliphatic heterocycles. The van der Waals surface area contributed by atoms with Crippen molar-refractivity contribution in [2.75, 3.05) is 24.5 Å². The highest BCUT2D eigenvalue weighted by Gasteiger charge is 2.31. The Morgan fingerprint density at radius 1 is 0.947 bits per heavy atom. The van der Waals surface area contributed by atoms with Gasteiger partial charge in [-0.3, -0.25) is 4.79 Å². The normalized spacial score (nSPS) is 16.2. The van der Waals surface area contributed by atoms with Crippen LogP contribution in [0.3, 0.4) is 0 Å². The topological polar surface area (TPSA) is 49.3 Å². The number of nitrogens with zero attached hydrogens (tertiary/aromatic N) is 4. The maximum absolute atomic E-state index is 14.0. The van der Waals surface area contributed by atoms with Crippen LogP contribution in [0.25, 0.3) is 22.0 Å². The van der Waals surface area contributed by atoms with E-state index >= 15 is 0 Å². The number of fused-ring (bicyclic) bond motifs is 1. The second-order valence-electron chi connectivity index (χ2n) is 9.29. The van der Waals surface area contributed by atoms with Gasteiger partial charge in [0.15, 0.2) is 5.82 Å². The van der Waals surface area contributed by atoms with E-state index in [0.717, 1.165) is 35.0 Å². The summed E-state index contributed by atoms with van der Waals surface area (Å²) in [7, 11) is 0. The van der Waals surface area contributed by atoms with Gasteiger partial charge in [0.05, 0.1) is 12.0 Å². The summed E-state index contributed by atoms with van der Waals surface area (Å²) in [5.41, 5.74) is 0.395. The van der Waals surface area contributed by atoms with Crippen LogP contribution in [0, 0.1) is 11.6 Å². The van der Waals surface area contributed by atoms with Crippen LogP contribution >= 0.6 is 0 Å². The summed E-state index contributed by atoms with van der Waals surface area (Å²) >= 11 is 0. The van der Waals surface area contributed by atoms with Gasteiger partial charge in [-0.15, -0.1) is 10.2 Å². The van der Waals surface area contributed by atoms with E-state index in [1.165, 1.54) is 18.2 Å². The van der Waals surface area contributed by atoms with Crippen molar-refractivity contribution in [3.8, 4) is 11.3 Å². The Morgan fingerprint density at radius 2 is 1.66 bits per heavy atom. The zero-order chi connectivity index (χ0) is 27.0. The van der Waals surface area contributed by atoms with Crippen molar-refractivity contribution in [1.82, 2.24) is 15.1 Å². The Balaban J connectivity index is 1.37. The molecule has 0 spiro atoms. The van der Waals surface area contributed by atoms with E-state index in [-0.39, 0.29) is 23.9 Å². The fraction of sp³-hybridized carbons (Fsp3) is 0.250. The van der Waals surface area contributed by atoms with Gasteiger partial charge < -0.3 is 9.80 Å². The summed E-state index contributed by atoms with van der Waals surface area (Å²) in [6, 6.07) is 15.2. The number of hydrogen-bond acceptors (Lipinski definition) is 4. The number of benzene rings is 3. The molecule has 5 nitrogen and oxygen atoms in total. The van der Waals surface area contributed by atoms with Crippen LogP contribution in [-0.2, 0) is 17.4 Å². The quantitative estimate of drug-likeness (QED) is 0.312. The molecular weight excluding hydrogens is 503 g/mol. The molecule has 0 radical (unpaired) electrons. The van der Waals surface area contributed by atoms with E-state index in [1.54, 1.807) is 4.90 Å². The maximum atomic E-state index is 14.0. The third kappa shape index (κ3) is 5.03. The second kappa shape index (κ2) is 10.00. The number of halogens is 5. The van der Waals surface area contributed by atoms with Gasteiger partial charge in [0.1, 0.15) is 17.3 Å². The molecule has 1 fully saturated rings. The molecule has 1 saturated heterocycles. The number of amides is 1. The first-order chi connectivity index (χ1) is 18.1. The molecule has 2 heterocycles. The molecule has 0 N–H and O–H groups in total. The lowest BCUT2D eigenvalue weighted by atomic mass is 10.0. The second-order valence-corrected chi connectivity index (χ2v) is 9.29. The molecule has 1 amide bonds. The van der Waals surface area contributed by atoms with Crippen molar-refractivity contribution < 1.29 is 26.7 Å². The van der Waals surface area contributed by atoms with Gasteiger partial charge >= 0.3 is 6.18 Å². The average molecular weight is 527 g/mol. The van der Waals surface area contributed by atoms with Crippen LogP contribution in [0.4, 0.5) is 27.8 Å². The Bertz CT molecular complexity index is 1490. The molecule has 5 rings (SSSR count). The molecular formula is C28H23F5N4O. The highest BCUT2D eigenvalue weighted by molar-refractivity contribution is 6.00. The molecule has 0 bridgehead atoms. The largest absolute Gasteiger partial charge is 0.416 e. The summed E-state index contributed by atoms with van der Waals surface area (Å²) in [6.45, 7) is 3.17. The molecule has 4 aromatic rings. The molecule has 1 aliphatic rings. The number of carbonyl (C=O) groups is 1. The number of alkyl halides is 3. The molecule has 3 aromatic carbocycles. The van der Waals surface area contributed by atoms with Gasteiger partial charge in [-0.1, -0.05) is 42.5 Å². The Morgan fingerprint density at radius 3 is 2.32 bits per heavy atom. The van der Waals surface area contributed by atoms with E-state index in [1.807, 2.05) is 36.1 Å². The molecule has 38 heavy (non-hydrogen) atoms. The highest BCUT2D eigenvalue weighted by atomic mass is 19.4. The van der Waals surface area contributed by atoms with Crippen LogP contribution in [0.5, 0.6) is 0 Å². The van der Waals surface area contributed by atoms with Crippen LogP contribution in [0.2, 0.25) is 0 Å². The van der Waals surface area contributed by atoms with Gasteiger partial charge in [0.25, 0.3) is 0 Å². The van der Waals surface area contributed by atoms with Crippen LogP contribution in [0.1, 0.15) is 18.1 Å². The van der Waals surface area contributed by atoms with Gasteiger partial charge in [-0.25, -0.2) is 8.78 Å². The first-order valence-corrected chi connectivity index (χ1v) is 12.0. The molecule has 196 valence electrons. The van der Waals surface area contributed by atoms with E-state index in [9.17, 15) is 26.7 Å². The standard InChI is InChI=1S/C28H23F5N4O/c1-17-16-36(12-13-37(17)25(38)14-19-8-11-21(29)15-24(19)30)27-23-5-3-2-4-22(23)26(34-35-27)18-6-9-20(10-7-18)28(31,32)33/h2-11,15,17H,12-14,16H2,1H3/t17-/m0/s1. The lowest BCUT2D eigenvalue weighted by Crippen LogP contribution is -2.54. The predicted molar refractivity (Wildman–Crippen MR) is 133 cm³/mol. The van der Waals surface area contributed by atoms with E-state index in [4.69, 9.17) is 0 Å². The van der Waals surface area contributed by atoms with Crippen molar-refractivity contribution in [2.24, 2.45) is 0 Å². The van der Waals surface area contributed by atoms with Crippen LogP contribution < -0.4 is 4.90 Å². The van der Waals surface area contributed by atoms with Gasteiger partial charge in [0.2, 0.25) is 5.91 Å². The Kier molecular flexibility index (Phi) is 6.73. The predicted octanol–water partition coefficient (Wildman–Crippen LogP) is 5.87. The van der Waals surface area contributed by atoms with Gasteiger partial charge in [-0.2, -0.15) is 13.2 Å². The number of hydrogen-bond donors (Lipinski definition) is 0. The maximum Gasteiger partial charge on any atom is 0.416 e. The highest BCUT2D eigenvalue weighted by Crippen LogP contribution is 2.34. The molecule has 10 heteroatoms. The molecule has 0 aliphatic carbocycles. The monoisotopic (exact) mass is 526 g/mol. The number of piperazine rings is 1. The minimum absolute atomic E-state index is 0.141. The van der Waals surface area contributed by atoms with Gasteiger partial charge in [0, 0.05) is 48.1 Å². The zero-order valence-corrected chi connectivity index (χ0v) is 20.3. The Labute approximate surface area is 215 Å². The van der Waals surface area contributed by atoms with Crippen LogP contribution in [-0.4, -0.2) is 46.7 Å². The van der Waals surface area contributed by atoms with Crippen molar-refractivity contribution >= 4 is 22.5 Å². The van der Waals surface area contributed by atoms with E-state index in [0.29, 0.717) is 36.7 Å². The van der Waals surface area contributed by atoms with Crippen molar-refractivity contribution in [3.63, 3.8) is 0 Å². The molecule has 0 saturated carbocycles. The minimum atomic E-state index is -4.43. The molecule has 1 aromatic heterocycles. The third-order valence-electron chi connectivity index (χ3n) is 6.76. The van der Waals surface area contributed by atoms with Crippen molar-refractivity contribution in [3.05, 3.63) is 89.5 Å². The lowest BCUT2D eigenvalue weighted by molar-refractivity contribution is -0.137. The van der Waals surface area contributed by atoms with E-state index in [2.05, 4.69) is 10.2 Å². The number of rotatable bonds is 4. The summed E-state index contributed by atoms with van der Waals surface area (Å²) in [5.74, 6) is -1.09. The van der Waals surface area contributed by atoms with Crippen molar-refractivity contribution in [2.45, 2.75) is 25.6 Å². The first-order valence-electron chi connectivity index (χ1n) is 12.0. The summed E-state index contributed by atoms with van der Waals surface area (Å²) in [4.78, 5) is 16.6. The number of aromatic nitrogens is 2. The SMILES string of the molecule is C[C@H]1CN(c2nnc(-c3ccc(C(F)(F)F)cc3)c3ccccc23)CCN1C(=O)Cc1ccc(F)cc1F. The smallest absolute Gasteiger partial charge is 0.351 e. The fourth-order valence-corrected chi connectivity index (χ4v) is 4.80. The number of anilines is 1. The van der Waals surface area contributed by atoms with E-state index < -0.39 is 23.4 Å². The van der Waals surface area contributed by atoms with Gasteiger partial charge in [-0.05, 0) is 30.7 Å². The Hall–Kier alpha value is -4.08. The van der Waals surface area contributed by atoms with Crippen molar-refractivity contribution in [1.29, 1.82) is 0 Å². The summed E-state index contributed by atoms with van der Waals surface area (Å²) < 4.78 is 66.2. The fourth-order valence-electron chi connectivity index (χ4n) is 4.80. The molecule has 1 atom stereocenters. The minimum Gasteiger partial charge on any atom is -0.351 e. The lowest BCUT2D eigenvalue weighted by Gasteiger charge is -2.40. The zero-order valence-electron chi connectivity index (χ0n) is 20.3. The van der Waals surface area contributed by atoms with Crippen LogP contribution in [0.15, 0.2) is 66.7 Å². The molecule has 0 unspecified atom stereocenters.